The zero-order valence-corrected chi connectivity index (χ0v) is 10.8. The summed E-state index contributed by atoms with van der Waals surface area (Å²) in [6.45, 7) is 0.891. The van der Waals surface area contributed by atoms with Crippen molar-refractivity contribution in [2.75, 3.05) is 31.1 Å². The summed E-state index contributed by atoms with van der Waals surface area (Å²) in [5.41, 5.74) is 4.85. The van der Waals surface area contributed by atoms with Gasteiger partial charge < -0.3 is 21.7 Å². The molecule has 5 N–H and O–H groups in total. The number of primary amides is 1. The number of hydrogen-bond acceptors (Lipinski definition) is 5. The van der Waals surface area contributed by atoms with Crippen LogP contribution >= 0.6 is 0 Å². The predicted molar refractivity (Wildman–Crippen MR) is 65.7 cm³/mol. The molecule has 3 amide bonds. The van der Waals surface area contributed by atoms with Crippen molar-refractivity contribution in [2.45, 2.75) is 12.5 Å². The van der Waals surface area contributed by atoms with Crippen LogP contribution in [0.1, 0.15) is 6.42 Å². The van der Waals surface area contributed by atoms with Crippen LogP contribution in [0.5, 0.6) is 0 Å². The van der Waals surface area contributed by atoms with Crippen LogP contribution in [0.15, 0.2) is 0 Å². The molecule has 0 bridgehead atoms. The molecule has 0 aliphatic carbocycles. The van der Waals surface area contributed by atoms with Gasteiger partial charge in [-0.15, -0.1) is 0 Å². The Morgan fingerprint density at radius 2 is 1.94 bits per heavy atom. The van der Waals surface area contributed by atoms with Crippen molar-refractivity contribution in [3.8, 4) is 0 Å². The molecule has 1 heterocycles. The quantitative estimate of drug-likeness (QED) is 0.415. The Hall–Kier alpha value is -1.35. The first-order valence-corrected chi connectivity index (χ1v) is 7.45. The minimum atomic E-state index is -3.03. The van der Waals surface area contributed by atoms with Crippen LogP contribution in [-0.4, -0.2) is 57.5 Å². The molecule has 0 spiro atoms. The van der Waals surface area contributed by atoms with Gasteiger partial charge in [-0.05, 0) is 0 Å². The van der Waals surface area contributed by atoms with E-state index < -0.39 is 15.9 Å². The third kappa shape index (κ3) is 5.82. The van der Waals surface area contributed by atoms with Gasteiger partial charge in [0.25, 0.3) is 0 Å². The van der Waals surface area contributed by atoms with E-state index in [9.17, 15) is 18.0 Å². The molecule has 18 heavy (non-hydrogen) atoms. The highest BCUT2D eigenvalue weighted by Gasteiger charge is 2.25. The summed E-state index contributed by atoms with van der Waals surface area (Å²) in [6.07, 6.45) is 0.107. The molecule has 1 unspecified atom stereocenters. The van der Waals surface area contributed by atoms with E-state index in [0.717, 1.165) is 0 Å². The summed E-state index contributed by atoms with van der Waals surface area (Å²) in [6, 6.07) is -0.989. The van der Waals surface area contributed by atoms with Crippen LogP contribution in [0.3, 0.4) is 0 Å². The Bertz CT molecular complexity index is 409. The molecular formula is C9H18N4O4S. The molecule has 0 aromatic rings. The molecule has 104 valence electrons. The molecule has 1 atom stereocenters. The number of sulfone groups is 1. The molecular weight excluding hydrogens is 260 g/mol. The molecule has 0 aromatic carbocycles. The number of nitrogens with one attached hydrogen (secondary N) is 3. The number of nitrogens with two attached hydrogens (primary N) is 1. The van der Waals surface area contributed by atoms with Crippen molar-refractivity contribution >= 4 is 21.8 Å². The second-order valence-corrected chi connectivity index (χ2v) is 6.34. The number of rotatable bonds is 5. The van der Waals surface area contributed by atoms with E-state index in [0.29, 0.717) is 6.54 Å². The minimum absolute atomic E-state index is 0.0139. The maximum absolute atomic E-state index is 11.5. The summed E-state index contributed by atoms with van der Waals surface area (Å²) >= 11 is 0. The fraction of sp³-hybridized carbons (Fsp3) is 0.778. The van der Waals surface area contributed by atoms with Gasteiger partial charge in [0, 0.05) is 32.1 Å². The van der Waals surface area contributed by atoms with E-state index in [2.05, 4.69) is 16.0 Å². The lowest BCUT2D eigenvalue weighted by Crippen LogP contribution is -2.47. The van der Waals surface area contributed by atoms with Crippen LogP contribution < -0.4 is 21.7 Å². The highest BCUT2D eigenvalue weighted by molar-refractivity contribution is 7.91. The molecule has 1 fully saturated rings. The van der Waals surface area contributed by atoms with Crippen LogP contribution in [0.4, 0.5) is 4.79 Å². The summed E-state index contributed by atoms with van der Waals surface area (Å²) in [7, 11) is -3.03. The van der Waals surface area contributed by atoms with E-state index in [-0.39, 0.29) is 43.0 Å². The van der Waals surface area contributed by atoms with Crippen molar-refractivity contribution in [3.63, 3.8) is 0 Å². The van der Waals surface area contributed by atoms with Crippen molar-refractivity contribution in [1.29, 1.82) is 0 Å². The summed E-state index contributed by atoms with van der Waals surface area (Å²) in [5, 5.41) is 7.88. The van der Waals surface area contributed by atoms with E-state index in [1.807, 2.05) is 0 Å². The van der Waals surface area contributed by atoms with E-state index in [1.165, 1.54) is 0 Å². The molecule has 0 saturated carbocycles. The summed E-state index contributed by atoms with van der Waals surface area (Å²) in [4.78, 5) is 21.8. The lowest BCUT2D eigenvalue weighted by Gasteiger charge is -2.23. The first-order chi connectivity index (χ1) is 8.39. The van der Waals surface area contributed by atoms with Crippen molar-refractivity contribution in [2.24, 2.45) is 5.73 Å². The van der Waals surface area contributed by atoms with Crippen molar-refractivity contribution < 1.29 is 18.0 Å². The number of amides is 3. The maximum Gasteiger partial charge on any atom is 0.312 e. The smallest absolute Gasteiger partial charge is 0.312 e. The van der Waals surface area contributed by atoms with Gasteiger partial charge >= 0.3 is 6.03 Å². The monoisotopic (exact) mass is 278 g/mol. The standard InChI is InChI=1S/C9H18N4O4S/c10-9(15)13-2-1-12-8(14)5-7-6-18(16,17)4-3-11-7/h7,11H,1-6H2,(H,12,14)(H3,10,13,15). The van der Waals surface area contributed by atoms with E-state index in [1.54, 1.807) is 0 Å². The highest BCUT2D eigenvalue weighted by Crippen LogP contribution is 2.04. The third-order valence-corrected chi connectivity index (χ3v) is 4.22. The molecule has 1 saturated heterocycles. The van der Waals surface area contributed by atoms with Gasteiger partial charge in [-0.2, -0.15) is 0 Å². The SMILES string of the molecule is NC(=O)NCCNC(=O)CC1CS(=O)(=O)CCN1. The molecule has 9 heteroatoms. The lowest BCUT2D eigenvalue weighted by atomic mass is 10.2. The fourth-order valence-corrected chi connectivity index (χ4v) is 3.13. The number of hydrogen-bond donors (Lipinski definition) is 4. The third-order valence-electron chi connectivity index (χ3n) is 2.48. The first kappa shape index (κ1) is 14.7. The number of urea groups is 1. The van der Waals surface area contributed by atoms with E-state index in [4.69, 9.17) is 5.73 Å². The Morgan fingerprint density at radius 1 is 1.28 bits per heavy atom. The van der Waals surface area contributed by atoms with Crippen molar-refractivity contribution in [3.05, 3.63) is 0 Å². The van der Waals surface area contributed by atoms with Crippen molar-refractivity contribution in [1.82, 2.24) is 16.0 Å². The number of carbonyl (C=O) groups excluding carboxylic acids is 2. The molecule has 0 aromatic heterocycles. The van der Waals surface area contributed by atoms with Gasteiger partial charge in [0.1, 0.15) is 0 Å². The second-order valence-electron chi connectivity index (χ2n) is 4.11. The first-order valence-electron chi connectivity index (χ1n) is 5.63. The topological polar surface area (TPSA) is 130 Å². The van der Waals surface area contributed by atoms with Crippen LogP contribution in [0, 0.1) is 0 Å². The van der Waals surface area contributed by atoms with Gasteiger partial charge in [-0.1, -0.05) is 0 Å². The zero-order chi connectivity index (χ0) is 13.6. The molecule has 1 aliphatic heterocycles. The lowest BCUT2D eigenvalue weighted by molar-refractivity contribution is -0.121. The molecule has 1 aliphatic rings. The largest absolute Gasteiger partial charge is 0.354 e. The van der Waals surface area contributed by atoms with Gasteiger partial charge in [-0.25, -0.2) is 13.2 Å². The Morgan fingerprint density at radius 3 is 2.56 bits per heavy atom. The normalized spacial score (nSPS) is 22.1. The van der Waals surface area contributed by atoms with Gasteiger partial charge in [0.2, 0.25) is 5.91 Å². The van der Waals surface area contributed by atoms with Gasteiger partial charge in [0.05, 0.1) is 11.5 Å². The van der Waals surface area contributed by atoms with Crippen LogP contribution in [0.25, 0.3) is 0 Å². The molecule has 1 rings (SSSR count). The summed E-state index contributed by atoms with van der Waals surface area (Å²) < 4.78 is 22.7. The Kier molecular flexibility index (Phi) is 5.35. The average molecular weight is 278 g/mol. The van der Waals surface area contributed by atoms with Gasteiger partial charge in [-0.3, -0.25) is 4.79 Å². The van der Waals surface area contributed by atoms with Gasteiger partial charge in [0.15, 0.2) is 9.84 Å². The van der Waals surface area contributed by atoms with Crippen LogP contribution in [-0.2, 0) is 14.6 Å². The molecule has 0 radical (unpaired) electrons. The van der Waals surface area contributed by atoms with E-state index >= 15 is 0 Å². The molecule has 8 nitrogen and oxygen atoms in total. The second kappa shape index (κ2) is 6.55. The Labute approximate surface area is 106 Å². The average Bonchev–Trinajstić information content (AvgIpc) is 2.22. The zero-order valence-electron chi connectivity index (χ0n) is 9.94. The number of carbonyl (C=O) groups is 2. The minimum Gasteiger partial charge on any atom is -0.354 e. The predicted octanol–water partition coefficient (Wildman–Crippen LogP) is -2.45. The maximum atomic E-state index is 11.5. The van der Waals surface area contributed by atoms with Crippen LogP contribution in [0.2, 0.25) is 0 Å². The summed E-state index contributed by atoms with van der Waals surface area (Å²) in [5.74, 6) is -0.149. The Balaban J connectivity index is 2.21. The highest BCUT2D eigenvalue weighted by atomic mass is 32.2. The fourth-order valence-electron chi connectivity index (χ4n) is 1.68.